The molecule has 2 aromatic rings. The van der Waals surface area contributed by atoms with Crippen LogP contribution < -0.4 is 5.32 Å². The molecule has 0 spiro atoms. The van der Waals surface area contributed by atoms with E-state index in [0.29, 0.717) is 29.5 Å². The number of carbonyl (C=O) groups excluding carboxylic acids is 1. The Morgan fingerprint density at radius 1 is 1.28 bits per heavy atom. The van der Waals surface area contributed by atoms with Gasteiger partial charge in [0.2, 0.25) is 0 Å². The Labute approximate surface area is 151 Å². The normalized spacial score (nSPS) is 17.9. The van der Waals surface area contributed by atoms with E-state index in [1.807, 2.05) is 24.3 Å². The minimum atomic E-state index is -3.29. The van der Waals surface area contributed by atoms with Crippen LogP contribution in [0.2, 0.25) is 5.02 Å². The van der Waals surface area contributed by atoms with Crippen molar-refractivity contribution >= 4 is 27.3 Å². The van der Waals surface area contributed by atoms with Crippen LogP contribution in [0.4, 0.5) is 0 Å². The van der Waals surface area contributed by atoms with E-state index in [1.165, 1.54) is 0 Å². The molecule has 0 aliphatic carbocycles. The molecule has 1 aromatic carbocycles. The smallest absolute Gasteiger partial charge is 0.271 e. The number of imidazole rings is 1. The van der Waals surface area contributed by atoms with Gasteiger partial charge in [-0.05, 0) is 38.0 Å². The van der Waals surface area contributed by atoms with Crippen LogP contribution in [0.25, 0.3) is 0 Å². The van der Waals surface area contributed by atoms with Gasteiger partial charge in [0.15, 0.2) is 9.84 Å². The summed E-state index contributed by atoms with van der Waals surface area (Å²) >= 11 is 5.93. The van der Waals surface area contributed by atoms with Gasteiger partial charge in [-0.15, -0.1) is 0 Å². The summed E-state index contributed by atoms with van der Waals surface area (Å²) in [5.41, 5.74) is 2.01. The topological polar surface area (TPSA) is 91.9 Å². The van der Waals surface area contributed by atoms with Gasteiger partial charge in [0.05, 0.1) is 5.25 Å². The molecule has 134 valence electrons. The quantitative estimate of drug-likeness (QED) is 0.850. The lowest BCUT2D eigenvalue weighted by atomic mass is 9.94. The standard InChI is InChI=1S/C17H20ClN3O3S/c1-10(2)25(23,24)9-15-20-14-7-12(8-19-17(22)16(14)21-15)11-3-5-13(18)6-4-11/h3-6,10,12H,7-9H2,1-2H3,(H,19,22)(H,20,21)/t12-/m0/s1. The summed E-state index contributed by atoms with van der Waals surface area (Å²) < 4.78 is 24.2. The number of carbonyl (C=O) groups is 1. The first-order valence-electron chi connectivity index (χ1n) is 8.09. The lowest BCUT2D eigenvalue weighted by molar-refractivity contribution is 0.0950. The molecule has 2 N–H and O–H groups in total. The van der Waals surface area contributed by atoms with Crippen LogP contribution in [-0.4, -0.2) is 36.1 Å². The van der Waals surface area contributed by atoms with Crippen LogP contribution >= 0.6 is 11.6 Å². The number of amides is 1. The van der Waals surface area contributed by atoms with Crippen LogP contribution in [0.5, 0.6) is 0 Å². The SMILES string of the molecule is CC(C)S(=O)(=O)Cc1nc2c([nH]1)C[C@H](c1ccc(Cl)cc1)CNC2=O. The Balaban J connectivity index is 1.89. The molecule has 2 heterocycles. The molecule has 0 bridgehead atoms. The maximum absolute atomic E-state index is 12.3. The first kappa shape index (κ1) is 17.9. The maximum atomic E-state index is 12.3. The van der Waals surface area contributed by atoms with Gasteiger partial charge in [-0.1, -0.05) is 23.7 Å². The predicted octanol–water partition coefficient (Wildman–Crippen LogP) is 2.46. The van der Waals surface area contributed by atoms with E-state index in [-0.39, 0.29) is 23.3 Å². The lowest BCUT2D eigenvalue weighted by Crippen LogP contribution is -2.26. The number of aromatic amines is 1. The fraction of sp³-hybridized carbons (Fsp3) is 0.412. The molecule has 0 fully saturated rings. The van der Waals surface area contributed by atoms with Crippen molar-refractivity contribution in [3.8, 4) is 0 Å². The van der Waals surface area contributed by atoms with Gasteiger partial charge in [-0.2, -0.15) is 0 Å². The largest absolute Gasteiger partial charge is 0.350 e. The minimum absolute atomic E-state index is 0.0671. The molecule has 1 amide bonds. The third kappa shape index (κ3) is 3.88. The highest BCUT2D eigenvalue weighted by atomic mass is 35.5. The number of fused-ring (bicyclic) bond motifs is 1. The number of benzene rings is 1. The summed E-state index contributed by atoms with van der Waals surface area (Å²) in [5.74, 6) is -0.102. The molecule has 3 rings (SSSR count). The van der Waals surface area contributed by atoms with Gasteiger partial charge in [0.25, 0.3) is 5.91 Å². The Hall–Kier alpha value is -1.86. The highest BCUT2D eigenvalue weighted by Gasteiger charge is 2.28. The van der Waals surface area contributed by atoms with E-state index in [4.69, 9.17) is 11.6 Å². The fourth-order valence-corrected chi connectivity index (χ4v) is 3.79. The fourth-order valence-electron chi connectivity index (χ4n) is 2.81. The first-order valence-corrected chi connectivity index (χ1v) is 10.2. The highest BCUT2D eigenvalue weighted by molar-refractivity contribution is 7.91. The Morgan fingerprint density at radius 2 is 1.96 bits per heavy atom. The molecule has 25 heavy (non-hydrogen) atoms. The number of hydrogen-bond donors (Lipinski definition) is 2. The van der Waals surface area contributed by atoms with E-state index in [0.717, 1.165) is 5.56 Å². The summed E-state index contributed by atoms with van der Waals surface area (Å²) in [6, 6.07) is 7.51. The van der Waals surface area contributed by atoms with Crippen molar-refractivity contribution in [1.29, 1.82) is 0 Å². The molecule has 0 saturated heterocycles. The molecule has 0 saturated carbocycles. The van der Waals surface area contributed by atoms with Crippen molar-refractivity contribution < 1.29 is 13.2 Å². The number of aromatic nitrogens is 2. The van der Waals surface area contributed by atoms with Crippen molar-refractivity contribution in [2.45, 2.75) is 37.2 Å². The number of sulfone groups is 1. The summed E-state index contributed by atoms with van der Waals surface area (Å²) in [4.78, 5) is 19.6. The van der Waals surface area contributed by atoms with E-state index in [1.54, 1.807) is 13.8 Å². The summed E-state index contributed by atoms with van der Waals surface area (Å²) in [7, 11) is -3.29. The summed E-state index contributed by atoms with van der Waals surface area (Å²) in [6.07, 6.45) is 0.574. The van der Waals surface area contributed by atoms with Crippen molar-refractivity contribution in [1.82, 2.24) is 15.3 Å². The number of hydrogen-bond acceptors (Lipinski definition) is 4. The van der Waals surface area contributed by atoms with Crippen LogP contribution in [0.1, 0.15) is 47.3 Å². The van der Waals surface area contributed by atoms with Crippen molar-refractivity contribution in [3.05, 3.63) is 52.1 Å². The van der Waals surface area contributed by atoms with Gasteiger partial charge in [-0.25, -0.2) is 13.4 Å². The molecule has 1 aliphatic rings. The summed E-state index contributed by atoms with van der Waals surface area (Å²) in [5, 5.41) is 3.02. The molecule has 6 nitrogen and oxygen atoms in total. The molecule has 1 aliphatic heterocycles. The van der Waals surface area contributed by atoms with E-state index >= 15 is 0 Å². The average Bonchev–Trinajstić information content (AvgIpc) is 2.86. The van der Waals surface area contributed by atoms with Crippen molar-refractivity contribution in [3.63, 3.8) is 0 Å². The first-order chi connectivity index (χ1) is 11.8. The molecule has 1 aromatic heterocycles. The Morgan fingerprint density at radius 3 is 2.60 bits per heavy atom. The molecule has 0 radical (unpaired) electrons. The van der Waals surface area contributed by atoms with Crippen LogP contribution in [-0.2, 0) is 22.0 Å². The number of halogens is 1. The van der Waals surface area contributed by atoms with Gasteiger partial charge in [0.1, 0.15) is 17.3 Å². The number of H-pyrrole nitrogens is 1. The monoisotopic (exact) mass is 381 g/mol. The predicted molar refractivity (Wildman–Crippen MR) is 96.6 cm³/mol. The molecular weight excluding hydrogens is 362 g/mol. The molecule has 0 unspecified atom stereocenters. The molecule has 1 atom stereocenters. The van der Waals surface area contributed by atoms with Crippen molar-refractivity contribution in [2.75, 3.05) is 6.54 Å². The van der Waals surface area contributed by atoms with Crippen molar-refractivity contribution in [2.24, 2.45) is 0 Å². The zero-order chi connectivity index (χ0) is 18.2. The van der Waals surface area contributed by atoms with Gasteiger partial charge >= 0.3 is 0 Å². The third-order valence-corrected chi connectivity index (χ3v) is 6.76. The average molecular weight is 382 g/mol. The zero-order valence-electron chi connectivity index (χ0n) is 14.0. The Bertz CT molecular complexity index is 888. The molecular formula is C17H20ClN3O3S. The lowest BCUT2D eigenvalue weighted by Gasteiger charge is -2.14. The van der Waals surface area contributed by atoms with Gasteiger partial charge in [0, 0.05) is 23.2 Å². The second-order valence-electron chi connectivity index (χ2n) is 6.53. The number of rotatable bonds is 4. The Kier molecular flexibility index (Phi) is 4.88. The maximum Gasteiger partial charge on any atom is 0.271 e. The van der Waals surface area contributed by atoms with E-state index in [9.17, 15) is 13.2 Å². The highest BCUT2D eigenvalue weighted by Crippen LogP contribution is 2.26. The second kappa shape index (κ2) is 6.80. The zero-order valence-corrected chi connectivity index (χ0v) is 15.6. The van der Waals surface area contributed by atoms with E-state index < -0.39 is 15.1 Å². The second-order valence-corrected chi connectivity index (χ2v) is 9.52. The van der Waals surface area contributed by atoms with Crippen LogP contribution in [0.3, 0.4) is 0 Å². The van der Waals surface area contributed by atoms with Crippen LogP contribution in [0, 0.1) is 0 Å². The molecule has 8 heteroatoms. The van der Waals surface area contributed by atoms with Gasteiger partial charge < -0.3 is 10.3 Å². The number of nitrogens with zero attached hydrogens (tertiary/aromatic N) is 1. The van der Waals surface area contributed by atoms with E-state index in [2.05, 4.69) is 15.3 Å². The third-order valence-electron chi connectivity index (χ3n) is 4.40. The van der Waals surface area contributed by atoms with Crippen LogP contribution in [0.15, 0.2) is 24.3 Å². The summed E-state index contributed by atoms with van der Waals surface area (Å²) in [6.45, 7) is 3.75. The minimum Gasteiger partial charge on any atom is -0.350 e. The number of nitrogens with one attached hydrogen (secondary N) is 2. The van der Waals surface area contributed by atoms with Gasteiger partial charge in [-0.3, -0.25) is 4.79 Å².